The number of amides is 1. The van der Waals surface area contributed by atoms with Crippen LogP contribution in [0.25, 0.3) is 20.4 Å². The van der Waals surface area contributed by atoms with Gasteiger partial charge in [0.1, 0.15) is 34.0 Å². The number of aromatic nitrogens is 4. The van der Waals surface area contributed by atoms with Crippen molar-refractivity contribution in [2.45, 2.75) is 153 Å². The molecule has 4 aliphatic carbocycles. The summed E-state index contributed by atoms with van der Waals surface area (Å²) in [4.78, 5) is 51.9. The van der Waals surface area contributed by atoms with Crippen LogP contribution in [0.4, 0.5) is 11.6 Å². The number of fused-ring (bicyclic) bond motifs is 6. The third kappa shape index (κ3) is 12.8. The molecule has 0 aromatic carbocycles. The van der Waals surface area contributed by atoms with E-state index in [0.717, 1.165) is 85.0 Å². The summed E-state index contributed by atoms with van der Waals surface area (Å²) in [6, 6.07) is 2.29. The number of methoxy groups -OCH3 is 1. The highest BCUT2D eigenvalue weighted by molar-refractivity contribution is 7.19. The molecule has 63 heavy (non-hydrogen) atoms. The van der Waals surface area contributed by atoms with Crippen LogP contribution in [-0.4, -0.2) is 127 Å². The van der Waals surface area contributed by atoms with Gasteiger partial charge in [-0.3, -0.25) is 9.59 Å². The lowest BCUT2D eigenvalue weighted by atomic mass is 9.90. The first kappa shape index (κ1) is 48.9. The maximum Gasteiger partial charge on any atom is 0.306 e. The Morgan fingerprint density at radius 1 is 0.714 bits per heavy atom. The lowest BCUT2D eigenvalue weighted by Gasteiger charge is -2.33. The van der Waals surface area contributed by atoms with E-state index in [1.54, 1.807) is 35.3 Å². The van der Waals surface area contributed by atoms with Gasteiger partial charge >= 0.3 is 5.97 Å². The molecule has 9 rings (SSSR count). The van der Waals surface area contributed by atoms with Crippen LogP contribution in [0.5, 0.6) is 0 Å². The summed E-state index contributed by atoms with van der Waals surface area (Å²) < 4.78 is 9.85. The predicted molar refractivity (Wildman–Crippen MR) is 258 cm³/mol. The van der Waals surface area contributed by atoms with Gasteiger partial charge in [-0.25, -0.2) is 19.9 Å². The van der Waals surface area contributed by atoms with E-state index >= 15 is 0 Å². The normalized spacial score (nSPS) is 23.8. The molecule has 3 fully saturated rings. The zero-order valence-electron chi connectivity index (χ0n) is 39.0. The predicted octanol–water partition coefficient (Wildman–Crippen LogP) is 7.86. The van der Waals surface area contributed by atoms with E-state index < -0.39 is 0 Å². The minimum atomic E-state index is -0.138. The monoisotopic (exact) mass is 907 g/mol. The molecule has 16 heteroatoms. The zero-order chi connectivity index (χ0) is 44.9. The van der Waals surface area contributed by atoms with Crippen LogP contribution in [0.2, 0.25) is 0 Å². The molecule has 1 saturated heterocycles. The molecule has 2 unspecified atom stereocenters. The lowest BCUT2D eigenvalue weighted by molar-refractivity contribution is -0.141. The Kier molecular flexibility index (Phi) is 18.7. The first-order valence-electron chi connectivity index (χ1n) is 23.5. The second-order valence-corrected chi connectivity index (χ2v) is 20.2. The van der Waals surface area contributed by atoms with Crippen molar-refractivity contribution in [1.29, 1.82) is 0 Å². The molecule has 5 heterocycles. The molecule has 0 radical (unpaired) electrons. The van der Waals surface area contributed by atoms with Crippen LogP contribution in [0.3, 0.4) is 0 Å². The van der Waals surface area contributed by atoms with Gasteiger partial charge in [0.05, 0.1) is 24.3 Å². The number of ether oxygens (including phenoxy) is 2. The average Bonchev–Trinajstić information content (AvgIpc) is 4.13. The van der Waals surface area contributed by atoms with Gasteiger partial charge in [-0.2, -0.15) is 0 Å². The van der Waals surface area contributed by atoms with Crippen molar-refractivity contribution >= 4 is 66.6 Å². The third-order valence-corrected chi connectivity index (χ3v) is 15.6. The summed E-state index contributed by atoms with van der Waals surface area (Å²) in [5.41, 5.74) is 7.46. The molecule has 348 valence electrons. The SMILES string of the molecule is C1CCOC1.CCN.CCNC(=O)CC1CCc2sc3ncnc(NC4CCC(N(C)C)CC4)c3c21.COC(=O)CC1CCc2sc3ncnc(NC4CCC(N(C)C)CC4)c3c21. The molecular weight excluding hydrogens is 833 g/mol. The average molecular weight is 907 g/mol. The standard InChI is InChI=1S/C21H31N5OS.C20H28N4O2S.C4H8O.C2H7N/c1-4-22-17(27)11-13-5-10-16-18(13)19-20(23-12-24-21(19)28-16)25-14-6-8-15(9-7-14)26(2)3;1-24(2)14-7-5-13(6-8-14)23-19-18-17-12(10-16(25)26-3)4-9-15(17)27-20(18)22-11-21-19;1-2-4-5-3-1;1-2-3/h12-15H,4-11H2,1-3H3,(H,22,27)(H,23,24,25);11-14H,4-10H2,1-3H3,(H,21,22,23);1-4H2;2-3H2,1H3. The minimum absolute atomic E-state index is 0.138. The molecule has 0 bridgehead atoms. The molecule has 4 aromatic rings. The summed E-state index contributed by atoms with van der Waals surface area (Å²) in [7, 11) is 10.2. The van der Waals surface area contributed by atoms with Gasteiger partial charge in [-0.05, 0) is 155 Å². The van der Waals surface area contributed by atoms with Crippen molar-refractivity contribution in [3.63, 3.8) is 0 Å². The summed E-state index contributed by atoms with van der Waals surface area (Å²) in [5.74, 6) is 2.43. The van der Waals surface area contributed by atoms with Crippen LogP contribution in [0, 0.1) is 0 Å². The number of nitrogens with two attached hydrogens (primary N) is 1. The number of aryl methyl sites for hydroxylation is 2. The minimum Gasteiger partial charge on any atom is -0.469 e. The Labute approximate surface area is 383 Å². The van der Waals surface area contributed by atoms with Gasteiger partial charge in [-0.15, -0.1) is 22.7 Å². The zero-order valence-corrected chi connectivity index (χ0v) is 40.6. The number of rotatable bonds is 11. The topological polar surface area (TPSA) is 173 Å². The largest absolute Gasteiger partial charge is 0.469 e. The fraction of sp³-hybridized carbons (Fsp3) is 0.702. The number of nitrogens with zero attached hydrogens (tertiary/aromatic N) is 6. The van der Waals surface area contributed by atoms with E-state index in [0.29, 0.717) is 43.6 Å². The van der Waals surface area contributed by atoms with Crippen molar-refractivity contribution in [1.82, 2.24) is 35.1 Å². The maximum absolute atomic E-state index is 12.2. The highest BCUT2D eigenvalue weighted by atomic mass is 32.1. The summed E-state index contributed by atoms with van der Waals surface area (Å²) in [5, 5.41) is 12.7. The van der Waals surface area contributed by atoms with E-state index in [4.69, 9.17) is 15.2 Å². The van der Waals surface area contributed by atoms with E-state index in [9.17, 15) is 9.59 Å². The first-order valence-corrected chi connectivity index (χ1v) is 25.2. The quantitative estimate of drug-likeness (QED) is 0.107. The Bertz CT molecular complexity index is 2050. The van der Waals surface area contributed by atoms with Gasteiger partial charge < -0.3 is 41.0 Å². The Morgan fingerprint density at radius 3 is 1.54 bits per heavy atom. The van der Waals surface area contributed by atoms with E-state index in [1.807, 2.05) is 13.8 Å². The molecule has 5 aliphatic rings. The number of esters is 1. The third-order valence-electron chi connectivity index (χ3n) is 13.3. The summed E-state index contributed by atoms with van der Waals surface area (Å²) in [6.07, 6.45) is 20.6. The van der Waals surface area contributed by atoms with E-state index in [-0.39, 0.29) is 23.7 Å². The molecule has 0 spiro atoms. The smallest absolute Gasteiger partial charge is 0.306 e. The number of carbonyl (C=O) groups is 2. The van der Waals surface area contributed by atoms with E-state index in [2.05, 4.69) is 73.9 Å². The second kappa shape index (κ2) is 24.1. The number of thiophene rings is 2. The molecule has 14 nitrogen and oxygen atoms in total. The van der Waals surface area contributed by atoms with Gasteiger partial charge in [0.15, 0.2) is 0 Å². The number of hydrogen-bond acceptors (Lipinski definition) is 15. The van der Waals surface area contributed by atoms with Gasteiger partial charge in [0, 0.05) is 60.1 Å². The molecule has 1 aliphatic heterocycles. The van der Waals surface area contributed by atoms with Gasteiger partial charge in [0.25, 0.3) is 0 Å². The lowest BCUT2D eigenvalue weighted by Crippen LogP contribution is -2.36. The van der Waals surface area contributed by atoms with Gasteiger partial charge in [0.2, 0.25) is 5.91 Å². The number of nitrogens with one attached hydrogen (secondary N) is 3. The van der Waals surface area contributed by atoms with Crippen LogP contribution in [0.1, 0.15) is 136 Å². The number of anilines is 2. The van der Waals surface area contributed by atoms with Crippen LogP contribution in [-0.2, 0) is 31.9 Å². The molecule has 4 aromatic heterocycles. The molecule has 5 N–H and O–H groups in total. The van der Waals surface area contributed by atoms with Crippen molar-refractivity contribution in [3.8, 4) is 0 Å². The highest BCUT2D eigenvalue weighted by Crippen LogP contribution is 2.48. The number of hydrogen-bond donors (Lipinski definition) is 4. The Balaban J connectivity index is 0.000000179. The number of carbonyl (C=O) groups excluding carboxylic acids is 2. The maximum atomic E-state index is 12.2. The molecule has 1 amide bonds. The summed E-state index contributed by atoms with van der Waals surface area (Å²) >= 11 is 3.54. The summed E-state index contributed by atoms with van der Waals surface area (Å²) in [6.45, 7) is 7.31. The molecular formula is C47H74N10O4S2. The van der Waals surface area contributed by atoms with Crippen LogP contribution >= 0.6 is 22.7 Å². The van der Waals surface area contributed by atoms with Crippen molar-refractivity contribution in [3.05, 3.63) is 33.5 Å². The second-order valence-electron chi connectivity index (χ2n) is 18.0. The fourth-order valence-corrected chi connectivity index (χ4v) is 12.4. The Hall–Kier alpha value is -3.54. The van der Waals surface area contributed by atoms with Crippen LogP contribution < -0.4 is 21.7 Å². The molecule has 2 saturated carbocycles. The van der Waals surface area contributed by atoms with Crippen molar-refractivity contribution in [2.24, 2.45) is 5.73 Å². The first-order chi connectivity index (χ1) is 30.5. The Morgan fingerprint density at radius 2 is 1.16 bits per heavy atom. The molecule has 2 atom stereocenters. The van der Waals surface area contributed by atoms with Gasteiger partial charge in [-0.1, -0.05) is 6.92 Å². The van der Waals surface area contributed by atoms with Crippen molar-refractivity contribution < 1.29 is 19.1 Å². The van der Waals surface area contributed by atoms with Crippen LogP contribution in [0.15, 0.2) is 12.7 Å². The van der Waals surface area contributed by atoms with E-state index in [1.165, 1.54) is 84.7 Å². The highest BCUT2D eigenvalue weighted by Gasteiger charge is 2.34. The van der Waals surface area contributed by atoms with Crippen molar-refractivity contribution in [2.75, 3.05) is 72.2 Å². The fourth-order valence-electron chi connectivity index (χ4n) is 9.91.